The molecule has 0 unspecified atom stereocenters. The number of nitrogens with zero attached hydrogens (tertiary/aromatic N) is 1. The molecule has 0 radical (unpaired) electrons. The van der Waals surface area contributed by atoms with Crippen LogP contribution in [-0.4, -0.2) is 46.4 Å². The van der Waals surface area contributed by atoms with Crippen LogP contribution in [0.5, 0.6) is 5.88 Å². The SMILES string of the molecule is COC(=O)c1c(/N=C/c2c(O)[nH]c(=S)[nH]c2=O)sc(C(=O)OC(C)C)c1C. The van der Waals surface area contributed by atoms with E-state index in [0.717, 1.165) is 17.6 Å². The number of aromatic amines is 2. The van der Waals surface area contributed by atoms with Gasteiger partial charge in [-0.05, 0) is 38.6 Å². The molecule has 0 aliphatic heterocycles. The Kier molecular flexibility index (Phi) is 6.28. The van der Waals surface area contributed by atoms with Crippen LogP contribution in [0.15, 0.2) is 9.79 Å². The highest BCUT2D eigenvalue weighted by atomic mass is 32.1. The first-order chi connectivity index (χ1) is 12.6. The summed E-state index contributed by atoms with van der Waals surface area (Å²) in [5.74, 6) is -1.76. The van der Waals surface area contributed by atoms with Crippen LogP contribution in [0.4, 0.5) is 5.00 Å². The average molecular weight is 411 g/mol. The summed E-state index contributed by atoms with van der Waals surface area (Å²) in [4.78, 5) is 45.3. The second kappa shape index (κ2) is 8.27. The molecule has 2 aromatic rings. The third-order valence-electron chi connectivity index (χ3n) is 3.32. The van der Waals surface area contributed by atoms with E-state index in [0.29, 0.717) is 5.56 Å². The number of hydrogen-bond donors (Lipinski definition) is 3. The maximum absolute atomic E-state index is 12.2. The summed E-state index contributed by atoms with van der Waals surface area (Å²) in [7, 11) is 1.20. The highest BCUT2D eigenvalue weighted by molar-refractivity contribution is 7.71. The van der Waals surface area contributed by atoms with Crippen molar-refractivity contribution in [3.05, 3.63) is 36.7 Å². The van der Waals surface area contributed by atoms with Crippen molar-refractivity contribution in [2.75, 3.05) is 7.11 Å². The van der Waals surface area contributed by atoms with Crippen molar-refractivity contribution in [2.45, 2.75) is 26.9 Å². The Bertz CT molecular complexity index is 1030. The van der Waals surface area contributed by atoms with Crippen molar-refractivity contribution in [1.82, 2.24) is 9.97 Å². The zero-order valence-electron chi connectivity index (χ0n) is 14.9. The molecule has 0 fully saturated rings. The average Bonchev–Trinajstić information content (AvgIpc) is 2.89. The summed E-state index contributed by atoms with van der Waals surface area (Å²) >= 11 is 5.67. The molecule has 0 saturated carbocycles. The molecule has 0 spiro atoms. The topological polar surface area (TPSA) is 134 Å². The van der Waals surface area contributed by atoms with E-state index in [1.54, 1.807) is 20.8 Å². The van der Waals surface area contributed by atoms with Gasteiger partial charge in [-0.15, -0.1) is 11.3 Å². The molecule has 0 atom stereocenters. The zero-order valence-corrected chi connectivity index (χ0v) is 16.5. The Morgan fingerprint density at radius 1 is 1.30 bits per heavy atom. The van der Waals surface area contributed by atoms with E-state index in [-0.39, 0.29) is 31.9 Å². The van der Waals surface area contributed by atoms with E-state index < -0.39 is 23.4 Å². The Morgan fingerprint density at radius 3 is 2.52 bits per heavy atom. The summed E-state index contributed by atoms with van der Waals surface area (Å²) in [6.07, 6.45) is 0.727. The van der Waals surface area contributed by atoms with Crippen LogP contribution < -0.4 is 5.56 Å². The van der Waals surface area contributed by atoms with Crippen molar-refractivity contribution in [3.8, 4) is 5.88 Å². The molecule has 0 aliphatic rings. The Morgan fingerprint density at radius 2 is 1.96 bits per heavy atom. The Balaban J connectivity index is 2.56. The first-order valence-corrected chi connectivity index (χ1v) is 8.90. The number of nitrogens with one attached hydrogen (secondary N) is 2. The second-order valence-electron chi connectivity index (χ2n) is 5.61. The normalized spacial score (nSPS) is 11.1. The third kappa shape index (κ3) is 4.49. The molecule has 27 heavy (non-hydrogen) atoms. The number of ether oxygens (including phenoxy) is 2. The number of rotatable bonds is 5. The van der Waals surface area contributed by atoms with Crippen LogP contribution in [0, 0.1) is 11.7 Å². The number of carbonyl (C=O) groups is 2. The zero-order chi connectivity index (χ0) is 20.3. The van der Waals surface area contributed by atoms with E-state index >= 15 is 0 Å². The molecule has 11 heteroatoms. The molecule has 144 valence electrons. The van der Waals surface area contributed by atoms with Crippen molar-refractivity contribution >= 4 is 46.7 Å². The van der Waals surface area contributed by atoms with Gasteiger partial charge >= 0.3 is 11.9 Å². The molecule has 0 bridgehead atoms. The third-order valence-corrected chi connectivity index (χ3v) is 4.70. The largest absolute Gasteiger partial charge is 0.494 e. The van der Waals surface area contributed by atoms with Crippen molar-refractivity contribution < 1.29 is 24.2 Å². The smallest absolute Gasteiger partial charge is 0.348 e. The van der Waals surface area contributed by atoms with Gasteiger partial charge in [0.25, 0.3) is 5.56 Å². The predicted molar refractivity (Wildman–Crippen MR) is 102 cm³/mol. The number of H-pyrrole nitrogens is 2. The van der Waals surface area contributed by atoms with Gasteiger partial charge in [-0.3, -0.25) is 9.78 Å². The lowest BCUT2D eigenvalue weighted by molar-refractivity contribution is 0.0383. The number of aromatic hydroxyl groups is 1. The van der Waals surface area contributed by atoms with E-state index in [1.165, 1.54) is 7.11 Å². The molecule has 3 N–H and O–H groups in total. The fourth-order valence-electron chi connectivity index (χ4n) is 2.12. The van der Waals surface area contributed by atoms with Crippen LogP contribution >= 0.6 is 23.6 Å². The lowest BCUT2D eigenvalue weighted by atomic mass is 10.1. The van der Waals surface area contributed by atoms with Crippen LogP contribution in [0.25, 0.3) is 0 Å². The molecule has 2 aromatic heterocycles. The summed E-state index contributed by atoms with van der Waals surface area (Å²) in [5.41, 5.74) is -0.409. The highest BCUT2D eigenvalue weighted by Crippen LogP contribution is 2.36. The molecule has 2 heterocycles. The quantitative estimate of drug-likeness (QED) is 0.391. The molecular weight excluding hydrogens is 394 g/mol. The van der Waals surface area contributed by atoms with Gasteiger partial charge in [0.2, 0.25) is 5.88 Å². The minimum absolute atomic E-state index is 0.0458. The first-order valence-electron chi connectivity index (χ1n) is 7.68. The van der Waals surface area contributed by atoms with E-state index in [4.69, 9.17) is 21.7 Å². The van der Waals surface area contributed by atoms with Gasteiger partial charge in [0.05, 0.1) is 13.2 Å². The number of esters is 2. The molecule has 0 saturated heterocycles. The van der Waals surface area contributed by atoms with Gasteiger partial charge in [0.1, 0.15) is 21.0 Å². The standard InChI is InChI=1S/C16H17N3O6S2/c1-6(2)25-15(23)10-7(3)9(14(22)24-4)13(27-10)17-5-8-11(20)18-16(26)19-12(8)21/h5-6H,1-4H3,(H3,18,19,20,21,26)/b17-5+. The number of methoxy groups -OCH3 is 1. The lowest BCUT2D eigenvalue weighted by Gasteiger charge is -2.06. The molecule has 0 aliphatic carbocycles. The van der Waals surface area contributed by atoms with Crippen LogP contribution in [0.3, 0.4) is 0 Å². The molecule has 0 amide bonds. The van der Waals surface area contributed by atoms with E-state index in [9.17, 15) is 19.5 Å². The minimum Gasteiger partial charge on any atom is -0.494 e. The summed E-state index contributed by atoms with van der Waals surface area (Å²) in [5, 5.41) is 9.96. The summed E-state index contributed by atoms with van der Waals surface area (Å²) in [6.45, 7) is 4.98. The van der Waals surface area contributed by atoms with Gasteiger partial charge in [0, 0.05) is 6.21 Å². The predicted octanol–water partition coefficient (Wildman–Crippen LogP) is 2.61. The monoisotopic (exact) mass is 411 g/mol. The molecule has 2 rings (SSSR count). The van der Waals surface area contributed by atoms with Crippen molar-refractivity contribution in [3.63, 3.8) is 0 Å². The summed E-state index contributed by atoms with van der Waals surface area (Å²) < 4.78 is 9.87. The van der Waals surface area contributed by atoms with Gasteiger partial charge in [-0.1, -0.05) is 0 Å². The number of aromatic nitrogens is 2. The fourth-order valence-corrected chi connectivity index (χ4v) is 3.33. The van der Waals surface area contributed by atoms with Crippen LogP contribution in [0.1, 0.15) is 45.0 Å². The van der Waals surface area contributed by atoms with E-state index in [2.05, 4.69) is 15.0 Å². The van der Waals surface area contributed by atoms with E-state index in [1.807, 2.05) is 0 Å². The van der Waals surface area contributed by atoms with Gasteiger partial charge in [0.15, 0.2) is 4.77 Å². The number of aliphatic imine (C=N–C) groups is 1. The van der Waals surface area contributed by atoms with Gasteiger partial charge in [-0.25, -0.2) is 14.6 Å². The minimum atomic E-state index is -0.690. The van der Waals surface area contributed by atoms with Crippen molar-refractivity contribution in [1.29, 1.82) is 0 Å². The number of carbonyl (C=O) groups excluding carboxylic acids is 2. The number of thiophene rings is 1. The van der Waals surface area contributed by atoms with Crippen molar-refractivity contribution in [2.24, 2.45) is 4.99 Å². The Hall–Kier alpha value is -2.79. The first kappa shape index (κ1) is 20.5. The van der Waals surface area contributed by atoms with Gasteiger partial charge in [-0.2, -0.15) is 0 Å². The number of hydrogen-bond acceptors (Lipinski definition) is 9. The van der Waals surface area contributed by atoms with Crippen LogP contribution in [-0.2, 0) is 9.47 Å². The maximum Gasteiger partial charge on any atom is 0.348 e. The highest BCUT2D eigenvalue weighted by Gasteiger charge is 2.26. The summed E-state index contributed by atoms with van der Waals surface area (Å²) in [6, 6.07) is 0. The lowest BCUT2D eigenvalue weighted by Crippen LogP contribution is -2.13. The van der Waals surface area contributed by atoms with Crippen LogP contribution in [0.2, 0.25) is 0 Å². The molecule has 0 aromatic carbocycles. The Labute approximate surface area is 162 Å². The fraction of sp³-hybridized carbons (Fsp3) is 0.312. The molecular formula is C16H17N3O6S2. The molecule has 9 nitrogen and oxygen atoms in total. The van der Waals surface area contributed by atoms with Gasteiger partial charge < -0.3 is 19.6 Å². The second-order valence-corrected chi connectivity index (χ2v) is 7.02. The maximum atomic E-state index is 12.2.